The molecule has 0 unspecified atom stereocenters. The van der Waals surface area contributed by atoms with Crippen molar-refractivity contribution in [1.29, 1.82) is 0 Å². The maximum atomic E-state index is 13.1. The molecule has 0 radical (unpaired) electrons. The number of hydrogen-bond donors (Lipinski definition) is 0. The van der Waals surface area contributed by atoms with Crippen molar-refractivity contribution < 1.29 is 9.13 Å². The fourth-order valence-electron chi connectivity index (χ4n) is 3.14. The van der Waals surface area contributed by atoms with Crippen molar-refractivity contribution >= 4 is 34.3 Å². The summed E-state index contributed by atoms with van der Waals surface area (Å²) in [4.78, 5) is 5.84. The van der Waals surface area contributed by atoms with E-state index in [0.717, 1.165) is 33.0 Å². The van der Waals surface area contributed by atoms with E-state index in [9.17, 15) is 4.39 Å². The molecule has 0 amide bonds. The molecular weight excluding hydrogens is 389 g/mol. The monoisotopic (exact) mass is 415 g/mol. The molecular formula is C23H26FNOS2. The van der Waals surface area contributed by atoms with E-state index < -0.39 is 0 Å². The van der Waals surface area contributed by atoms with Crippen LogP contribution in [0.5, 0.6) is 5.75 Å². The van der Waals surface area contributed by atoms with Gasteiger partial charge in [-0.25, -0.2) is 9.38 Å². The van der Waals surface area contributed by atoms with Crippen LogP contribution in [0.3, 0.4) is 0 Å². The first-order valence-electron chi connectivity index (χ1n) is 9.67. The van der Waals surface area contributed by atoms with Crippen molar-refractivity contribution in [2.75, 3.05) is 12.9 Å². The van der Waals surface area contributed by atoms with E-state index in [0.29, 0.717) is 0 Å². The third-order valence-electron chi connectivity index (χ3n) is 4.73. The second-order valence-corrected chi connectivity index (χ2v) is 8.86. The number of benzene rings is 2. The van der Waals surface area contributed by atoms with E-state index in [2.05, 4.69) is 6.08 Å². The van der Waals surface area contributed by atoms with Crippen molar-refractivity contribution in [3.63, 3.8) is 0 Å². The summed E-state index contributed by atoms with van der Waals surface area (Å²) in [6.45, 7) is 0. The van der Waals surface area contributed by atoms with E-state index in [-0.39, 0.29) is 5.82 Å². The highest BCUT2D eigenvalue weighted by Gasteiger charge is 2.14. The average molecular weight is 416 g/mol. The Hall–Kier alpha value is -1.72. The van der Waals surface area contributed by atoms with Crippen LogP contribution in [0.4, 0.5) is 10.1 Å². The normalized spacial score (nSPS) is 15.9. The van der Waals surface area contributed by atoms with Gasteiger partial charge >= 0.3 is 0 Å². The van der Waals surface area contributed by atoms with E-state index in [1.54, 1.807) is 31.0 Å². The molecule has 0 aliphatic heterocycles. The van der Waals surface area contributed by atoms with Crippen LogP contribution in [0, 0.1) is 11.7 Å². The van der Waals surface area contributed by atoms with Crippen LogP contribution in [0.15, 0.2) is 69.9 Å². The zero-order valence-corrected chi connectivity index (χ0v) is 17.8. The predicted octanol–water partition coefficient (Wildman–Crippen LogP) is 7.48. The highest BCUT2D eigenvalue weighted by Crippen LogP contribution is 2.29. The summed E-state index contributed by atoms with van der Waals surface area (Å²) in [5, 5.41) is 3.04. The quantitative estimate of drug-likeness (QED) is 0.266. The van der Waals surface area contributed by atoms with Gasteiger partial charge in [0.2, 0.25) is 0 Å². The molecule has 0 bridgehead atoms. The van der Waals surface area contributed by atoms with Crippen LogP contribution in [-0.2, 0) is 0 Å². The van der Waals surface area contributed by atoms with Crippen molar-refractivity contribution in [3.8, 4) is 5.75 Å². The van der Waals surface area contributed by atoms with E-state index in [4.69, 9.17) is 9.73 Å². The zero-order chi connectivity index (χ0) is 19.6. The van der Waals surface area contributed by atoms with Gasteiger partial charge in [0, 0.05) is 10.6 Å². The molecule has 0 atom stereocenters. The molecule has 1 fully saturated rings. The summed E-state index contributed by atoms with van der Waals surface area (Å²) in [6, 6.07) is 14.4. The smallest absolute Gasteiger partial charge is 0.123 e. The summed E-state index contributed by atoms with van der Waals surface area (Å²) >= 11 is 3.40. The molecule has 1 saturated carbocycles. The molecule has 0 heterocycles. The Morgan fingerprint density at radius 2 is 1.79 bits per heavy atom. The average Bonchev–Trinajstić information content (AvgIpc) is 2.74. The Bertz CT molecular complexity index is 781. The summed E-state index contributed by atoms with van der Waals surface area (Å²) in [5.41, 5.74) is 0.920. The molecule has 148 valence electrons. The lowest BCUT2D eigenvalue weighted by Gasteiger charge is -2.20. The van der Waals surface area contributed by atoms with Gasteiger partial charge in [-0.05, 0) is 78.8 Å². The van der Waals surface area contributed by atoms with Crippen LogP contribution in [0.1, 0.15) is 32.1 Å². The van der Waals surface area contributed by atoms with Crippen molar-refractivity contribution in [1.82, 2.24) is 0 Å². The van der Waals surface area contributed by atoms with Gasteiger partial charge in [-0.15, -0.1) is 11.8 Å². The first-order chi connectivity index (χ1) is 13.7. The molecule has 2 nitrogen and oxygen atoms in total. The number of thioether (sulfide) groups is 2. The molecule has 28 heavy (non-hydrogen) atoms. The fourth-order valence-corrected chi connectivity index (χ4v) is 4.95. The van der Waals surface area contributed by atoms with E-state index >= 15 is 0 Å². The molecule has 0 N–H and O–H groups in total. The van der Waals surface area contributed by atoms with E-state index in [1.807, 2.05) is 41.4 Å². The Labute approximate surface area is 175 Å². The van der Waals surface area contributed by atoms with Crippen molar-refractivity contribution in [3.05, 3.63) is 65.8 Å². The molecule has 1 aliphatic rings. The number of rotatable bonds is 7. The van der Waals surface area contributed by atoms with Gasteiger partial charge in [0.05, 0.1) is 17.8 Å². The van der Waals surface area contributed by atoms with Crippen LogP contribution in [-0.4, -0.2) is 17.9 Å². The van der Waals surface area contributed by atoms with Crippen LogP contribution >= 0.6 is 23.5 Å². The topological polar surface area (TPSA) is 21.6 Å². The molecule has 0 aromatic heterocycles. The van der Waals surface area contributed by atoms with Crippen LogP contribution < -0.4 is 4.74 Å². The predicted molar refractivity (Wildman–Crippen MR) is 121 cm³/mol. The lowest BCUT2D eigenvalue weighted by molar-refractivity contribution is 0.391. The van der Waals surface area contributed by atoms with Crippen molar-refractivity contribution in [2.45, 2.75) is 37.0 Å². The van der Waals surface area contributed by atoms with Crippen LogP contribution in [0.25, 0.3) is 0 Å². The highest BCUT2D eigenvalue weighted by atomic mass is 32.2. The standard InChI is InChI=1S/C23H26FNOS2/c1-26-21-11-9-20(10-12-21)25-23(28-17-18-5-3-2-4-6-18)15-16-27-22-13-7-19(24)8-14-22/h7-16,18H,2-6,17H2,1H3. The number of nitrogens with zero attached hydrogens (tertiary/aromatic N) is 1. The minimum atomic E-state index is -0.210. The lowest BCUT2D eigenvalue weighted by atomic mass is 9.91. The van der Waals surface area contributed by atoms with Gasteiger partial charge in [-0.3, -0.25) is 0 Å². The summed E-state index contributed by atoms with van der Waals surface area (Å²) in [6.07, 6.45) is 8.81. The first-order valence-corrected chi connectivity index (χ1v) is 11.5. The second kappa shape index (κ2) is 11.3. The van der Waals surface area contributed by atoms with Gasteiger partial charge in [-0.1, -0.05) is 31.0 Å². The van der Waals surface area contributed by atoms with Gasteiger partial charge < -0.3 is 4.74 Å². The van der Waals surface area contributed by atoms with Crippen LogP contribution in [0.2, 0.25) is 0 Å². The second-order valence-electron chi connectivity index (χ2n) is 6.84. The maximum absolute atomic E-state index is 13.1. The first kappa shape index (κ1) is 21.0. The Morgan fingerprint density at radius 1 is 1.07 bits per heavy atom. The molecule has 5 heteroatoms. The largest absolute Gasteiger partial charge is 0.497 e. The maximum Gasteiger partial charge on any atom is 0.123 e. The number of ether oxygens (including phenoxy) is 1. The lowest BCUT2D eigenvalue weighted by Crippen LogP contribution is -2.09. The molecule has 0 spiro atoms. The molecule has 2 aromatic carbocycles. The van der Waals surface area contributed by atoms with E-state index in [1.165, 1.54) is 44.2 Å². The van der Waals surface area contributed by atoms with Gasteiger partial charge in [0.15, 0.2) is 0 Å². The number of halogens is 1. The summed E-state index contributed by atoms with van der Waals surface area (Å²) in [7, 11) is 1.67. The molecule has 2 aromatic rings. The third-order valence-corrected chi connectivity index (χ3v) is 6.71. The molecule has 3 rings (SSSR count). The third kappa shape index (κ3) is 7.02. The minimum absolute atomic E-state index is 0.210. The SMILES string of the molecule is COc1ccc(N=C(C=CSc2ccc(F)cc2)SCC2CCCCC2)cc1. The highest BCUT2D eigenvalue weighted by molar-refractivity contribution is 8.14. The number of aliphatic imine (C=N–C) groups is 1. The summed E-state index contributed by atoms with van der Waals surface area (Å²) < 4.78 is 18.3. The Balaban J connectivity index is 1.67. The number of methoxy groups -OCH3 is 1. The van der Waals surface area contributed by atoms with Crippen molar-refractivity contribution in [2.24, 2.45) is 10.9 Å². The Kier molecular flexibility index (Phi) is 8.49. The molecule has 0 saturated heterocycles. The number of hydrogen-bond acceptors (Lipinski definition) is 4. The fraction of sp³-hybridized carbons (Fsp3) is 0.348. The van der Waals surface area contributed by atoms with Gasteiger partial charge in [-0.2, -0.15) is 0 Å². The molecule has 1 aliphatic carbocycles. The zero-order valence-electron chi connectivity index (χ0n) is 16.1. The summed E-state index contributed by atoms with van der Waals surface area (Å²) in [5.74, 6) is 2.52. The van der Waals surface area contributed by atoms with Gasteiger partial charge in [0.1, 0.15) is 11.6 Å². The minimum Gasteiger partial charge on any atom is -0.497 e. The van der Waals surface area contributed by atoms with Gasteiger partial charge in [0.25, 0.3) is 0 Å². The Morgan fingerprint density at radius 3 is 2.46 bits per heavy atom.